The molecule has 0 aliphatic carbocycles. The molecule has 1 aliphatic heterocycles. The maximum absolute atomic E-state index is 13.3. The molecule has 0 unspecified atom stereocenters. The molecule has 1 aromatic carbocycles. The van der Waals surface area contributed by atoms with Crippen LogP contribution in [-0.4, -0.2) is 65.9 Å². The highest BCUT2D eigenvalue weighted by Crippen LogP contribution is 2.28. The number of nitrogens with zero attached hydrogens (tertiary/aromatic N) is 1. The third kappa shape index (κ3) is 6.67. The SMILES string of the molecule is C/C=C(\C)C(=O)O[C@H]1[C@@H](C)OC(=O)[C@H](NC(=O)c2nccc(OC)c2O)COC(=O)[C@@H]1Cc1ccccc1. The summed E-state index contributed by atoms with van der Waals surface area (Å²) < 4.78 is 21.6. The van der Waals surface area contributed by atoms with Gasteiger partial charge >= 0.3 is 17.9 Å². The number of pyridine rings is 1. The normalized spacial score (nSPS) is 22.2. The van der Waals surface area contributed by atoms with Gasteiger partial charge in [-0.25, -0.2) is 14.6 Å². The molecule has 2 aromatic rings. The second-order valence-corrected chi connectivity index (χ2v) is 8.65. The van der Waals surface area contributed by atoms with Crippen molar-refractivity contribution >= 4 is 23.8 Å². The molecule has 4 atom stereocenters. The summed E-state index contributed by atoms with van der Waals surface area (Å²) in [5, 5.41) is 12.6. The van der Waals surface area contributed by atoms with Crippen LogP contribution in [0.1, 0.15) is 36.8 Å². The highest BCUT2D eigenvalue weighted by molar-refractivity contribution is 5.98. The van der Waals surface area contributed by atoms with E-state index in [1.807, 2.05) is 18.2 Å². The van der Waals surface area contributed by atoms with E-state index in [1.165, 1.54) is 26.3 Å². The summed E-state index contributed by atoms with van der Waals surface area (Å²) in [5.74, 6) is -4.78. The topological polar surface area (TPSA) is 150 Å². The Labute approximate surface area is 219 Å². The zero-order chi connectivity index (χ0) is 27.8. The van der Waals surface area contributed by atoms with Crippen molar-refractivity contribution in [3.8, 4) is 11.5 Å². The lowest BCUT2D eigenvalue weighted by Crippen LogP contribution is -2.46. The lowest BCUT2D eigenvalue weighted by atomic mass is 9.91. The summed E-state index contributed by atoms with van der Waals surface area (Å²) in [5.41, 5.74) is 0.693. The predicted molar refractivity (Wildman–Crippen MR) is 133 cm³/mol. The molecule has 3 rings (SSSR count). The second kappa shape index (κ2) is 12.7. The smallest absolute Gasteiger partial charge is 0.333 e. The van der Waals surface area contributed by atoms with E-state index in [0.29, 0.717) is 5.57 Å². The average Bonchev–Trinajstić information content (AvgIpc) is 2.95. The first-order chi connectivity index (χ1) is 18.2. The molecule has 11 heteroatoms. The summed E-state index contributed by atoms with van der Waals surface area (Å²) in [6, 6.07) is 8.98. The van der Waals surface area contributed by atoms with E-state index in [0.717, 1.165) is 5.56 Å². The largest absolute Gasteiger partial charge is 0.503 e. The van der Waals surface area contributed by atoms with Crippen molar-refractivity contribution in [3.05, 3.63) is 65.5 Å². The summed E-state index contributed by atoms with van der Waals surface area (Å²) >= 11 is 0. The van der Waals surface area contributed by atoms with E-state index in [2.05, 4.69) is 10.3 Å². The van der Waals surface area contributed by atoms with Gasteiger partial charge in [-0.05, 0) is 32.8 Å². The lowest BCUT2D eigenvalue weighted by molar-refractivity contribution is -0.172. The van der Waals surface area contributed by atoms with Crippen LogP contribution in [0.2, 0.25) is 0 Å². The monoisotopic (exact) mass is 526 g/mol. The minimum Gasteiger partial charge on any atom is -0.503 e. The van der Waals surface area contributed by atoms with Crippen LogP contribution in [0.4, 0.5) is 0 Å². The van der Waals surface area contributed by atoms with Crippen molar-refractivity contribution in [1.29, 1.82) is 0 Å². The Morgan fingerprint density at radius 3 is 2.55 bits per heavy atom. The Hall–Kier alpha value is -4.41. The molecular weight excluding hydrogens is 496 g/mol. The van der Waals surface area contributed by atoms with Gasteiger partial charge in [0.05, 0.1) is 7.11 Å². The van der Waals surface area contributed by atoms with Crippen LogP contribution in [-0.2, 0) is 35.0 Å². The summed E-state index contributed by atoms with van der Waals surface area (Å²) in [4.78, 5) is 55.5. The van der Waals surface area contributed by atoms with Gasteiger partial charge in [0.15, 0.2) is 29.3 Å². The summed E-state index contributed by atoms with van der Waals surface area (Å²) in [7, 11) is 1.31. The quantitative estimate of drug-likeness (QED) is 0.312. The molecule has 0 radical (unpaired) electrons. The zero-order valence-corrected chi connectivity index (χ0v) is 21.5. The fourth-order valence-corrected chi connectivity index (χ4v) is 3.81. The zero-order valence-electron chi connectivity index (χ0n) is 21.5. The highest BCUT2D eigenvalue weighted by Gasteiger charge is 2.42. The van der Waals surface area contributed by atoms with E-state index in [4.69, 9.17) is 18.9 Å². The minimum absolute atomic E-state index is 0.00655. The van der Waals surface area contributed by atoms with Gasteiger partial charge in [-0.3, -0.25) is 9.59 Å². The molecular formula is C27H30N2O9. The molecule has 1 amide bonds. The molecule has 38 heavy (non-hydrogen) atoms. The number of hydrogen-bond donors (Lipinski definition) is 2. The van der Waals surface area contributed by atoms with Gasteiger partial charge in [0.2, 0.25) is 0 Å². The number of carbonyl (C=O) groups is 4. The van der Waals surface area contributed by atoms with Crippen molar-refractivity contribution < 1.29 is 43.2 Å². The number of cyclic esters (lactones) is 2. The van der Waals surface area contributed by atoms with E-state index in [9.17, 15) is 24.3 Å². The van der Waals surface area contributed by atoms with Gasteiger partial charge in [-0.1, -0.05) is 36.4 Å². The van der Waals surface area contributed by atoms with Crippen molar-refractivity contribution in [3.63, 3.8) is 0 Å². The number of nitrogens with one attached hydrogen (secondary N) is 1. The van der Waals surface area contributed by atoms with E-state index in [1.54, 1.807) is 32.1 Å². The van der Waals surface area contributed by atoms with Crippen LogP contribution in [0, 0.1) is 5.92 Å². The fraction of sp³-hybridized carbons (Fsp3) is 0.370. The first kappa shape index (κ1) is 28.2. The number of benzene rings is 1. The molecule has 11 nitrogen and oxygen atoms in total. The molecule has 0 spiro atoms. The first-order valence-electron chi connectivity index (χ1n) is 11.9. The Morgan fingerprint density at radius 1 is 1.18 bits per heavy atom. The number of methoxy groups -OCH3 is 1. The third-order valence-electron chi connectivity index (χ3n) is 6.06. The van der Waals surface area contributed by atoms with Crippen LogP contribution in [0.3, 0.4) is 0 Å². The Balaban J connectivity index is 1.89. The van der Waals surface area contributed by atoms with E-state index >= 15 is 0 Å². The number of esters is 3. The van der Waals surface area contributed by atoms with Gasteiger partial charge in [0.25, 0.3) is 5.91 Å². The van der Waals surface area contributed by atoms with Gasteiger partial charge in [0, 0.05) is 17.8 Å². The van der Waals surface area contributed by atoms with Crippen molar-refractivity contribution in [2.45, 2.75) is 45.4 Å². The number of amides is 1. The molecule has 1 aliphatic rings. The Morgan fingerprint density at radius 2 is 1.89 bits per heavy atom. The highest BCUT2D eigenvalue weighted by atomic mass is 16.6. The fourth-order valence-electron chi connectivity index (χ4n) is 3.81. The second-order valence-electron chi connectivity index (χ2n) is 8.65. The van der Waals surface area contributed by atoms with Crippen LogP contribution < -0.4 is 10.1 Å². The van der Waals surface area contributed by atoms with Crippen LogP contribution in [0.5, 0.6) is 11.5 Å². The number of allylic oxidation sites excluding steroid dienone is 1. The molecule has 1 saturated heterocycles. The summed E-state index contributed by atoms with van der Waals surface area (Å²) in [6.45, 7) is 4.17. The lowest BCUT2D eigenvalue weighted by Gasteiger charge is -2.29. The van der Waals surface area contributed by atoms with Crippen molar-refractivity contribution in [2.24, 2.45) is 5.92 Å². The minimum atomic E-state index is -1.43. The molecule has 0 bridgehead atoms. The van der Waals surface area contributed by atoms with E-state index < -0.39 is 66.0 Å². The number of carbonyl (C=O) groups excluding carboxylic acids is 4. The van der Waals surface area contributed by atoms with Crippen molar-refractivity contribution in [2.75, 3.05) is 13.7 Å². The average molecular weight is 527 g/mol. The third-order valence-corrected chi connectivity index (χ3v) is 6.06. The van der Waals surface area contributed by atoms with Crippen LogP contribution in [0.15, 0.2) is 54.2 Å². The van der Waals surface area contributed by atoms with Crippen LogP contribution in [0.25, 0.3) is 0 Å². The summed E-state index contributed by atoms with van der Waals surface area (Å²) in [6.07, 6.45) is 0.710. The Bertz CT molecular complexity index is 1210. The molecule has 1 aromatic heterocycles. The number of hydrogen-bond acceptors (Lipinski definition) is 10. The number of aromatic nitrogens is 1. The van der Waals surface area contributed by atoms with Gasteiger partial charge < -0.3 is 29.4 Å². The van der Waals surface area contributed by atoms with Crippen molar-refractivity contribution in [1.82, 2.24) is 10.3 Å². The first-order valence-corrected chi connectivity index (χ1v) is 11.9. The molecule has 2 heterocycles. The van der Waals surface area contributed by atoms with Gasteiger partial charge in [0.1, 0.15) is 18.6 Å². The molecule has 2 N–H and O–H groups in total. The standard InChI is InChI=1S/C27H30N2O9/c1-5-15(2)25(32)38-23-16(3)37-27(34)19(29-24(31)21-22(30)20(35-4)11-12-28-21)14-36-26(33)18(23)13-17-9-7-6-8-10-17/h5-12,16,18-19,23,30H,13-14H2,1-4H3,(H,29,31)/b15-5+/t16-,18-,19-,23+/m1/s1. The number of rotatable bonds is 7. The maximum atomic E-state index is 13.3. The maximum Gasteiger partial charge on any atom is 0.333 e. The molecule has 0 saturated carbocycles. The Kier molecular flexibility index (Phi) is 9.42. The number of aromatic hydroxyl groups is 1. The molecule has 202 valence electrons. The van der Waals surface area contributed by atoms with Gasteiger partial charge in [-0.15, -0.1) is 0 Å². The van der Waals surface area contributed by atoms with Gasteiger partial charge in [-0.2, -0.15) is 0 Å². The van der Waals surface area contributed by atoms with E-state index in [-0.39, 0.29) is 12.2 Å². The molecule has 1 fully saturated rings. The van der Waals surface area contributed by atoms with Crippen LogP contribution >= 0.6 is 0 Å². The predicted octanol–water partition coefficient (Wildman–Crippen LogP) is 2.12. The number of ether oxygens (including phenoxy) is 4.